The van der Waals surface area contributed by atoms with E-state index in [9.17, 15) is 4.39 Å². The molecule has 0 radical (unpaired) electrons. The Bertz CT molecular complexity index is 419. The van der Waals surface area contributed by atoms with Crippen molar-refractivity contribution in [3.05, 3.63) is 17.8 Å². The van der Waals surface area contributed by atoms with Crippen LogP contribution in [0, 0.1) is 5.82 Å². The summed E-state index contributed by atoms with van der Waals surface area (Å²) in [5.41, 5.74) is 0.486. The van der Waals surface area contributed by atoms with Crippen LogP contribution < -0.4 is 5.32 Å². The highest BCUT2D eigenvalue weighted by atomic mass is 32.2. The maximum Gasteiger partial charge on any atom is 0.186 e. The predicted octanol–water partition coefficient (Wildman–Crippen LogP) is 3.66. The maximum absolute atomic E-state index is 14.1. The van der Waals surface area contributed by atoms with E-state index < -0.39 is 0 Å². The molecule has 1 N–H and O–H groups in total. The van der Waals surface area contributed by atoms with Gasteiger partial charge in [-0.3, -0.25) is 0 Å². The summed E-state index contributed by atoms with van der Waals surface area (Å²) >= 11 is 1.90. The molecule has 19 heavy (non-hydrogen) atoms. The minimum atomic E-state index is -0.294. The highest BCUT2D eigenvalue weighted by Crippen LogP contribution is 2.38. The molecule has 0 aromatic carbocycles. The summed E-state index contributed by atoms with van der Waals surface area (Å²) in [7, 11) is 0. The number of hydrogen-bond donors (Lipinski definition) is 1. The Kier molecular flexibility index (Phi) is 5.02. The van der Waals surface area contributed by atoms with Gasteiger partial charge in [0, 0.05) is 11.3 Å². The Morgan fingerprint density at radius 3 is 2.68 bits per heavy atom. The summed E-state index contributed by atoms with van der Waals surface area (Å²) in [6.07, 6.45) is 10.5. The molecular weight excluding hydrogens is 261 g/mol. The molecular formula is C14H22FN3S. The lowest BCUT2D eigenvalue weighted by Crippen LogP contribution is -2.36. The molecule has 1 aliphatic carbocycles. The van der Waals surface area contributed by atoms with Crippen LogP contribution in [0.4, 0.5) is 10.2 Å². The third-order valence-electron chi connectivity index (χ3n) is 3.97. The van der Waals surface area contributed by atoms with Gasteiger partial charge in [0.05, 0.1) is 5.69 Å². The fourth-order valence-corrected chi connectivity index (χ4v) is 3.58. The van der Waals surface area contributed by atoms with E-state index in [0.29, 0.717) is 17.9 Å². The average molecular weight is 283 g/mol. The predicted molar refractivity (Wildman–Crippen MR) is 79.2 cm³/mol. The van der Waals surface area contributed by atoms with E-state index in [1.165, 1.54) is 38.4 Å². The quantitative estimate of drug-likeness (QED) is 0.895. The Balaban J connectivity index is 2.05. The first-order valence-electron chi connectivity index (χ1n) is 6.99. The molecule has 1 aromatic rings. The topological polar surface area (TPSA) is 37.8 Å². The monoisotopic (exact) mass is 283 g/mol. The lowest BCUT2D eigenvalue weighted by atomic mass is 9.88. The second kappa shape index (κ2) is 6.55. The van der Waals surface area contributed by atoms with Crippen LogP contribution in [0.5, 0.6) is 0 Å². The zero-order chi connectivity index (χ0) is 13.7. The Morgan fingerprint density at radius 1 is 1.32 bits per heavy atom. The summed E-state index contributed by atoms with van der Waals surface area (Å²) in [4.78, 5) is 7.99. The highest BCUT2D eigenvalue weighted by Gasteiger charge is 2.31. The third-order valence-corrected chi connectivity index (χ3v) is 5.39. The highest BCUT2D eigenvalue weighted by molar-refractivity contribution is 8.00. The standard InChI is InChI=1S/C14H22FN3S/c1-3-11-12(15)13(18-10-17-11)16-9-14(19-2)7-5-4-6-8-14/h10H,3-9H2,1-2H3,(H,16,17,18). The maximum atomic E-state index is 14.1. The summed E-state index contributed by atoms with van der Waals surface area (Å²) in [5.74, 6) is 0.0583. The molecule has 0 aliphatic heterocycles. The zero-order valence-corrected chi connectivity index (χ0v) is 12.5. The van der Waals surface area contributed by atoms with Crippen molar-refractivity contribution in [3.8, 4) is 0 Å². The van der Waals surface area contributed by atoms with Crippen molar-refractivity contribution < 1.29 is 4.39 Å². The van der Waals surface area contributed by atoms with Gasteiger partial charge in [-0.1, -0.05) is 26.2 Å². The molecule has 0 amide bonds. The second-order valence-electron chi connectivity index (χ2n) is 5.14. The molecule has 1 aliphatic rings. The molecule has 1 aromatic heterocycles. The van der Waals surface area contributed by atoms with Gasteiger partial charge in [-0.05, 0) is 25.5 Å². The van der Waals surface area contributed by atoms with Crippen LogP contribution in [0.1, 0.15) is 44.7 Å². The van der Waals surface area contributed by atoms with Crippen LogP contribution in [0.3, 0.4) is 0 Å². The van der Waals surface area contributed by atoms with Crippen LogP contribution in [-0.4, -0.2) is 27.5 Å². The molecule has 0 atom stereocenters. The van der Waals surface area contributed by atoms with Crippen LogP contribution in [0.25, 0.3) is 0 Å². The Hall–Kier alpha value is -0.840. The number of anilines is 1. The largest absolute Gasteiger partial charge is 0.366 e. The number of nitrogens with zero attached hydrogens (tertiary/aromatic N) is 2. The number of aryl methyl sites for hydroxylation is 1. The van der Waals surface area contributed by atoms with Gasteiger partial charge in [0.1, 0.15) is 6.33 Å². The van der Waals surface area contributed by atoms with Crippen LogP contribution in [0.2, 0.25) is 0 Å². The van der Waals surface area contributed by atoms with Crippen molar-refractivity contribution in [1.82, 2.24) is 9.97 Å². The van der Waals surface area contributed by atoms with Gasteiger partial charge in [0.25, 0.3) is 0 Å². The molecule has 106 valence electrons. The molecule has 2 rings (SSSR count). The van der Waals surface area contributed by atoms with E-state index in [1.54, 1.807) is 0 Å². The van der Waals surface area contributed by atoms with Gasteiger partial charge in [-0.15, -0.1) is 0 Å². The van der Waals surface area contributed by atoms with Crippen LogP contribution >= 0.6 is 11.8 Å². The number of aromatic nitrogens is 2. The van der Waals surface area contributed by atoms with Gasteiger partial charge in [0.2, 0.25) is 0 Å². The molecule has 5 heteroatoms. The summed E-state index contributed by atoms with van der Waals surface area (Å²) in [5, 5.41) is 3.20. The number of nitrogens with one attached hydrogen (secondary N) is 1. The molecule has 0 unspecified atom stereocenters. The van der Waals surface area contributed by atoms with Gasteiger partial charge < -0.3 is 5.32 Å². The van der Waals surface area contributed by atoms with E-state index in [4.69, 9.17) is 0 Å². The van der Waals surface area contributed by atoms with Crippen molar-refractivity contribution in [2.45, 2.75) is 50.2 Å². The molecule has 0 spiro atoms. The Labute approximate surface area is 118 Å². The first-order valence-corrected chi connectivity index (χ1v) is 8.21. The van der Waals surface area contributed by atoms with E-state index in [2.05, 4.69) is 21.5 Å². The number of rotatable bonds is 5. The molecule has 0 bridgehead atoms. The van der Waals surface area contributed by atoms with Gasteiger partial charge in [-0.25, -0.2) is 14.4 Å². The first kappa shape index (κ1) is 14.6. The summed E-state index contributed by atoms with van der Waals surface area (Å²) in [6, 6.07) is 0. The van der Waals surface area contributed by atoms with Gasteiger partial charge >= 0.3 is 0 Å². The van der Waals surface area contributed by atoms with Crippen molar-refractivity contribution >= 4 is 17.6 Å². The SMILES string of the molecule is CCc1ncnc(NCC2(SC)CCCCC2)c1F. The third kappa shape index (κ3) is 3.38. The normalized spacial score (nSPS) is 18.3. The first-order chi connectivity index (χ1) is 9.21. The van der Waals surface area contributed by atoms with Crippen LogP contribution in [0.15, 0.2) is 6.33 Å². The van der Waals surface area contributed by atoms with Gasteiger partial charge in [0.15, 0.2) is 11.6 Å². The fraction of sp³-hybridized carbons (Fsp3) is 0.714. The summed E-state index contributed by atoms with van der Waals surface area (Å²) in [6.45, 7) is 2.69. The van der Waals surface area contributed by atoms with Crippen molar-refractivity contribution in [3.63, 3.8) is 0 Å². The molecule has 1 heterocycles. The minimum absolute atomic E-state index is 0.238. The van der Waals surface area contributed by atoms with Gasteiger partial charge in [-0.2, -0.15) is 11.8 Å². The van der Waals surface area contributed by atoms with Crippen LogP contribution in [-0.2, 0) is 6.42 Å². The number of halogens is 1. The lowest BCUT2D eigenvalue weighted by Gasteiger charge is -2.36. The zero-order valence-electron chi connectivity index (χ0n) is 11.7. The molecule has 3 nitrogen and oxygen atoms in total. The smallest absolute Gasteiger partial charge is 0.186 e. The number of thioether (sulfide) groups is 1. The minimum Gasteiger partial charge on any atom is -0.366 e. The van der Waals surface area contributed by atoms with E-state index >= 15 is 0 Å². The second-order valence-corrected chi connectivity index (χ2v) is 6.41. The molecule has 0 saturated heterocycles. The number of hydrogen-bond acceptors (Lipinski definition) is 4. The average Bonchev–Trinajstić information content (AvgIpc) is 2.47. The van der Waals surface area contributed by atoms with Crippen molar-refractivity contribution in [2.24, 2.45) is 0 Å². The molecule has 1 fully saturated rings. The van der Waals surface area contributed by atoms with Crippen molar-refractivity contribution in [1.29, 1.82) is 0 Å². The summed E-state index contributed by atoms with van der Waals surface area (Å²) < 4.78 is 14.3. The van der Waals surface area contributed by atoms with E-state index in [0.717, 1.165) is 6.54 Å². The van der Waals surface area contributed by atoms with E-state index in [1.807, 2.05) is 18.7 Å². The van der Waals surface area contributed by atoms with Crippen molar-refractivity contribution in [2.75, 3.05) is 18.1 Å². The molecule has 1 saturated carbocycles. The van der Waals surface area contributed by atoms with E-state index in [-0.39, 0.29) is 10.6 Å². The lowest BCUT2D eigenvalue weighted by molar-refractivity contribution is 0.410. The Morgan fingerprint density at radius 2 is 2.05 bits per heavy atom. The fourth-order valence-electron chi connectivity index (χ4n) is 2.67.